The summed E-state index contributed by atoms with van der Waals surface area (Å²) in [5.74, 6) is 0.252. The lowest BCUT2D eigenvalue weighted by molar-refractivity contribution is -0.384. The maximum absolute atomic E-state index is 11.8. The van der Waals surface area contributed by atoms with Gasteiger partial charge in [0.25, 0.3) is 11.6 Å². The average molecular weight is 236 g/mol. The average Bonchev–Trinajstić information content (AvgIpc) is 2.30. The minimum atomic E-state index is -0.607. The van der Waals surface area contributed by atoms with Crippen molar-refractivity contribution in [1.29, 1.82) is 0 Å². The van der Waals surface area contributed by atoms with Crippen molar-refractivity contribution >= 4 is 17.3 Å². The number of nitro benzene ring substituents is 1. The molecule has 1 atom stereocenters. The molecule has 0 saturated carbocycles. The number of hydrogen-bond donors (Lipinski definition) is 0. The molecule has 1 aromatic carbocycles. The van der Waals surface area contributed by atoms with Crippen molar-refractivity contribution in [2.75, 3.05) is 11.4 Å². The standard InChI is InChI=1S/C11H12N2O4/c1-3-12-9-5-4-8(13(15)16)6-10(9)17-7(2)11(12)14/h4-7H,3H2,1-2H3/t7-/m1/s1. The molecule has 0 spiro atoms. The van der Waals surface area contributed by atoms with E-state index >= 15 is 0 Å². The first-order chi connectivity index (χ1) is 8.04. The predicted molar refractivity (Wildman–Crippen MR) is 61.2 cm³/mol. The maximum atomic E-state index is 11.8. The third kappa shape index (κ3) is 1.82. The third-order valence-electron chi connectivity index (χ3n) is 2.68. The van der Waals surface area contributed by atoms with E-state index in [1.165, 1.54) is 12.1 Å². The smallest absolute Gasteiger partial charge is 0.273 e. The number of anilines is 1. The molecule has 0 radical (unpaired) electrons. The summed E-state index contributed by atoms with van der Waals surface area (Å²) in [6, 6.07) is 4.26. The second-order valence-corrected chi connectivity index (χ2v) is 3.75. The van der Waals surface area contributed by atoms with Crippen LogP contribution in [0.15, 0.2) is 18.2 Å². The molecule has 0 aromatic heterocycles. The summed E-state index contributed by atoms with van der Waals surface area (Å²) in [5, 5.41) is 10.7. The van der Waals surface area contributed by atoms with Gasteiger partial charge in [0, 0.05) is 12.6 Å². The van der Waals surface area contributed by atoms with Crippen LogP contribution in [-0.4, -0.2) is 23.5 Å². The molecule has 0 unspecified atom stereocenters. The zero-order chi connectivity index (χ0) is 12.6. The number of non-ortho nitro benzene ring substituents is 1. The Labute approximate surface area is 97.9 Å². The molecule has 0 saturated heterocycles. The van der Waals surface area contributed by atoms with E-state index in [1.807, 2.05) is 6.92 Å². The van der Waals surface area contributed by atoms with Gasteiger partial charge in [-0.2, -0.15) is 0 Å². The van der Waals surface area contributed by atoms with Crippen molar-refractivity contribution in [2.45, 2.75) is 20.0 Å². The minimum Gasteiger partial charge on any atom is -0.478 e. The van der Waals surface area contributed by atoms with Gasteiger partial charge in [-0.05, 0) is 19.9 Å². The number of carbonyl (C=O) groups excluding carboxylic acids is 1. The highest BCUT2D eigenvalue weighted by Gasteiger charge is 2.31. The second-order valence-electron chi connectivity index (χ2n) is 3.75. The van der Waals surface area contributed by atoms with E-state index in [9.17, 15) is 14.9 Å². The van der Waals surface area contributed by atoms with Crippen molar-refractivity contribution in [3.63, 3.8) is 0 Å². The number of likely N-dealkylation sites (N-methyl/N-ethyl adjacent to an activating group) is 1. The van der Waals surface area contributed by atoms with Crippen LogP contribution in [0.25, 0.3) is 0 Å². The normalized spacial score (nSPS) is 18.6. The van der Waals surface area contributed by atoms with Crippen LogP contribution in [0.5, 0.6) is 5.75 Å². The number of ether oxygens (including phenoxy) is 1. The van der Waals surface area contributed by atoms with Crippen LogP contribution in [0.1, 0.15) is 13.8 Å². The zero-order valence-corrected chi connectivity index (χ0v) is 9.54. The van der Waals surface area contributed by atoms with E-state index in [-0.39, 0.29) is 11.6 Å². The Balaban J connectivity index is 2.49. The van der Waals surface area contributed by atoms with Gasteiger partial charge in [-0.15, -0.1) is 0 Å². The summed E-state index contributed by atoms with van der Waals surface area (Å²) in [4.78, 5) is 23.5. The van der Waals surface area contributed by atoms with Gasteiger partial charge >= 0.3 is 0 Å². The van der Waals surface area contributed by atoms with Crippen LogP contribution in [0.2, 0.25) is 0 Å². The van der Waals surface area contributed by atoms with Gasteiger partial charge in [-0.1, -0.05) is 0 Å². The lowest BCUT2D eigenvalue weighted by Gasteiger charge is -2.31. The van der Waals surface area contributed by atoms with Gasteiger partial charge in [0.05, 0.1) is 16.7 Å². The molecular formula is C11H12N2O4. The number of fused-ring (bicyclic) bond motifs is 1. The molecule has 0 bridgehead atoms. The van der Waals surface area contributed by atoms with E-state index in [1.54, 1.807) is 17.9 Å². The number of benzene rings is 1. The largest absolute Gasteiger partial charge is 0.478 e. The molecule has 17 heavy (non-hydrogen) atoms. The van der Waals surface area contributed by atoms with Crippen LogP contribution in [-0.2, 0) is 4.79 Å². The lowest BCUT2D eigenvalue weighted by atomic mass is 10.1. The van der Waals surface area contributed by atoms with Crippen LogP contribution in [0.3, 0.4) is 0 Å². The first-order valence-corrected chi connectivity index (χ1v) is 5.31. The van der Waals surface area contributed by atoms with Crippen LogP contribution < -0.4 is 9.64 Å². The van der Waals surface area contributed by atoms with E-state index < -0.39 is 11.0 Å². The predicted octanol–water partition coefficient (Wildman–Crippen LogP) is 1.73. The van der Waals surface area contributed by atoms with Gasteiger partial charge in [0.2, 0.25) is 0 Å². The lowest BCUT2D eigenvalue weighted by Crippen LogP contribution is -2.44. The zero-order valence-electron chi connectivity index (χ0n) is 9.54. The van der Waals surface area contributed by atoms with Gasteiger partial charge < -0.3 is 9.64 Å². The van der Waals surface area contributed by atoms with Crippen LogP contribution >= 0.6 is 0 Å². The van der Waals surface area contributed by atoms with Gasteiger partial charge in [-0.25, -0.2) is 0 Å². The molecule has 1 aromatic rings. The highest BCUT2D eigenvalue weighted by Crippen LogP contribution is 2.36. The van der Waals surface area contributed by atoms with E-state index in [4.69, 9.17) is 4.74 Å². The van der Waals surface area contributed by atoms with E-state index in [2.05, 4.69) is 0 Å². The fourth-order valence-corrected chi connectivity index (χ4v) is 1.84. The van der Waals surface area contributed by atoms with Crippen molar-refractivity contribution in [3.8, 4) is 5.75 Å². The first kappa shape index (κ1) is 11.4. The monoisotopic (exact) mass is 236 g/mol. The Morgan fingerprint density at radius 2 is 2.24 bits per heavy atom. The molecule has 6 heteroatoms. The summed E-state index contributed by atoms with van der Waals surface area (Å²) >= 11 is 0. The Bertz CT molecular complexity index is 486. The van der Waals surface area contributed by atoms with Crippen molar-refractivity contribution < 1.29 is 14.5 Å². The molecule has 1 aliphatic rings. The molecule has 6 nitrogen and oxygen atoms in total. The number of nitro groups is 1. The maximum Gasteiger partial charge on any atom is 0.273 e. The Kier molecular flexibility index (Phi) is 2.71. The Morgan fingerprint density at radius 1 is 1.53 bits per heavy atom. The molecule has 1 amide bonds. The SMILES string of the molecule is CCN1C(=O)[C@@H](C)Oc2cc([N+](=O)[O-])ccc21. The summed E-state index contributed by atoms with van der Waals surface area (Å²) in [5.41, 5.74) is 0.544. The third-order valence-corrected chi connectivity index (χ3v) is 2.68. The van der Waals surface area contributed by atoms with Gasteiger partial charge in [-0.3, -0.25) is 14.9 Å². The Morgan fingerprint density at radius 3 is 2.82 bits per heavy atom. The molecule has 90 valence electrons. The van der Waals surface area contributed by atoms with Gasteiger partial charge in [0.15, 0.2) is 11.9 Å². The first-order valence-electron chi connectivity index (χ1n) is 5.31. The quantitative estimate of drug-likeness (QED) is 0.579. The number of carbonyl (C=O) groups is 1. The second kappa shape index (κ2) is 4.04. The summed E-state index contributed by atoms with van der Waals surface area (Å²) < 4.78 is 5.37. The van der Waals surface area contributed by atoms with Gasteiger partial charge in [0.1, 0.15) is 0 Å². The topological polar surface area (TPSA) is 72.7 Å². The summed E-state index contributed by atoms with van der Waals surface area (Å²) in [6.07, 6.45) is -0.607. The van der Waals surface area contributed by atoms with Crippen LogP contribution in [0, 0.1) is 10.1 Å². The van der Waals surface area contributed by atoms with Crippen molar-refractivity contribution in [2.24, 2.45) is 0 Å². The molecule has 0 N–H and O–H groups in total. The fraction of sp³-hybridized carbons (Fsp3) is 0.364. The summed E-state index contributed by atoms with van der Waals surface area (Å²) in [7, 11) is 0. The molecular weight excluding hydrogens is 224 g/mol. The number of hydrogen-bond acceptors (Lipinski definition) is 4. The van der Waals surface area contributed by atoms with E-state index in [0.717, 1.165) is 0 Å². The molecule has 0 aliphatic carbocycles. The molecule has 0 fully saturated rings. The van der Waals surface area contributed by atoms with Crippen LogP contribution in [0.4, 0.5) is 11.4 Å². The Hall–Kier alpha value is -2.11. The molecule has 2 rings (SSSR count). The van der Waals surface area contributed by atoms with E-state index in [0.29, 0.717) is 18.0 Å². The highest BCUT2D eigenvalue weighted by molar-refractivity contribution is 5.99. The fourth-order valence-electron chi connectivity index (χ4n) is 1.84. The highest BCUT2D eigenvalue weighted by atomic mass is 16.6. The summed E-state index contributed by atoms with van der Waals surface area (Å²) in [6.45, 7) is 3.99. The molecule has 1 aliphatic heterocycles. The van der Waals surface area contributed by atoms with Crippen molar-refractivity contribution in [1.82, 2.24) is 0 Å². The number of amides is 1. The molecule has 1 heterocycles. The minimum absolute atomic E-state index is 0.0404. The van der Waals surface area contributed by atoms with Crippen molar-refractivity contribution in [3.05, 3.63) is 28.3 Å². The number of rotatable bonds is 2. The number of nitrogens with zero attached hydrogens (tertiary/aromatic N) is 2.